The van der Waals surface area contributed by atoms with Crippen LogP contribution in [-0.4, -0.2) is 43.1 Å². The largest absolute Gasteiger partial charge is 0.490 e. The summed E-state index contributed by atoms with van der Waals surface area (Å²) in [6, 6.07) is 13.2. The first-order valence-corrected chi connectivity index (χ1v) is 8.95. The Morgan fingerprint density at radius 3 is 2.48 bits per heavy atom. The second-order valence-electron chi connectivity index (χ2n) is 5.90. The molecule has 0 aliphatic rings. The van der Waals surface area contributed by atoms with Crippen LogP contribution in [0.3, 0.4) is 0 Å². The van der Waals surface area contributed by atoms with E-state index in [9.17, 15) is 9.59 Å². The van der Waals surface area contributed by atoms with Crippen molar-refractivity contribution < 1.29 is 14.3 Å². The molecule has 2 rings (SSSR count). The third-order valence-electron chi connectivity index (χ3n) is 4.09. The summed E-state index contributed by atoms with van der Waals surface area (Å²) in [6.07, 6.45) is 0. The molecule has 3 amide bonds. The molecule has 2 aromatic carbocycles. The summed E-state index contributed by atoms with van der Waals surface area (Å²) >= 11 is 0. The normalized spacial score (nSPS) is 10.5. The number of carbonyl (C=O) groups excluding carboxylic acids is 2. The van der Waals surface area contributed by atoms with E-state index in [0.717, 1.165) is 19.6 Å². The minimum Gasteiger partial charge on any atom is -0.490 e. The van der Waals surface area contributed by atoms with E-state index in [-0.39, 0.29) is 5.91 Å². The monoisotopic (exact) mass is 370 g/mol. The zero-order valence-electron chi connectivity index (χ0n) is 15.7. The molecular weight excluding hydrogens is 344 g/mol. The van der Waals surface area contributed by atoms with Crippen molar-refractivity contribution in [3.05, 3.63) is 54.1 Å². The molecule has 0 radical (unpaired) electrons. The van der Waals surface area contributed by atoms with Gasteiger partial charge in [0.2, 0.25) is 0 Å². The average Bonchev–Trinajstić information content (AvgIpc) is 2.66. The Bertz CT molecular complexity index is 775. The van der Waals surface area contributed by atoms with Crippen LogP contribution in [0.15, 0.2) is 48.5 Å². The Labute approximate surface area is 159 Å². The van der Waals surface area contributed by atoms with Gasteiger partial charge in [0, 0.05) is 17.8 Å². The number of urea groups is 1. The smallest absolute Gasteiger partial charge is 0.316 e. The minimum atomic E-state index is -0.681. The Kier molecular flexibility index (Phi) is 7.63. The average molecular weight is 370 g/mol. The number of nitrogens with one attached hydrogen (secondary N) is 2. The lowest BCUT2D eigenvalue weighted by Crippen LogP contribution is -2.28. The van der Waals surface area contributed by atoms with Gasteiger partial charge in [0.15, 0.2) is 0 Å². The number of hydrogen-bond acceptors (Lipinski definition) is 4. The van der Waals surface area contributed by atoms with Crippen molar-refractivity contribution in [3.8, 4) is 5.75 Å². The van der Waals surface area contributed by atoms with Crippen LogP contribution in [0.1, 0.15) is 24.2 Å². The summed E-state index contributed by atoms with van der Waals surface area (Å²) in [6.45, 7) is 7.50. The van der Waals surface area contributed by atoms with Gasteiger partial charge in [-0.15, -0.1) is 0 Å². The van der Waals surface area contributed by atoms with E-state index in [0.29, 0.717) is 29.3 Å². The number of hydrogen-bond donors (Lipinski definition) is 3. The molecule has 27 heavy (non-hydrogen) atoms. The molecule has 0 unspecified atom stereocenters. The van der Waals surface area contributed by atoms with Crippen LogP contribution in [0.25, 0.3) is 0 Å². The van der Waals surface area contributed by atoms with Gasteiger partial charge in [-0.1, -0.05) is 32.0 Å². The van der Waals surface area contributed by atoms with Crippen LogP contribution < -0.4 is 21.1 Å². The van der Waals surface area contributed by atoms with E-state index in [1.54, 1.807) is 30.3 Å². The van der Waals surface area contributed by atoms with Gasteiger partial charge in [-0.25, -0.2) is 4.79 Å². The number of nitrogens with zero attached hydrogens (tertiary/aromatic N) is 1. The number of amides is 3. The molecule has 0 atom stereocenters. The van der Waals surface area contributed by atoms with Gasteiger partial charge in [-0.2, -0.15) is 0 Å². The molecule has 0 aliphatic heterocycles. The fraction of sp³-hybridized carbons (Fsp3) is 0.300. The van der Waals surface area contributed by atoms with E-state index in [1.807, 2.05) is 18.2 Å². The topological polar surface area (TPSA) is 96.7 Å². The molecule has 7 nitrogen and oxygen atoms in total. The molecule has 7 heteroatoms. The molecule has 0 bridgehead atoms. The first-order valence-electron chi connectivity index (χ1n) is 8.95. The van der Waals surface area contributed by atoms with Crippen LogP contribution in [0.5, 0.6) is 5.75 Å². The fourth-order valence-corrected chi connectivity index (χ4v) is 2.60. The van der Waals surface area contributed by atoms with E-state index >= 15 is 0 Å². The van der Waals surface area contributed by atoms with Crippen molar-refractivity contribution >= 4 is 23.3 Å². The maximum Gasteiger partial charge on any atom is 0.316 e. The van der Waals surface area contributed by atoms with Crippen LogP contribution >= 0.6 is 0 Å². The van der Waals surface area contributed by atoms with Crippen molar-refractivity contribution in [2.45, 2.75) is 13.8 Å². The highest BCUT2D eigenvalue weighted by atomic mass is 16.5. The lowest BCUT2D eigenvalue weighted by molar-refractivity contribution is 0.102. The van der Waals surface area contributed by atoms with Gasteiger partial charge in [-0.3, -0.25) is 4.79 Å². The van der Waals surface area contributed by atoms with Gasteiger partial charge in [0.05, 0.1) is 5.69 Å². The highest BCUT2D eigenvalue weighted by Crippen LogP contribution is 2.24. The summed E-state index contributed by atoms with van der Waals surface area (Å²) in [5.74, 6) is 0.312. The van der Waals surface area contributed by atoms with Gasteiger partial charge in [-0.05, 0) is 43.4 Å². The molecule has 0 aromatic heterocycles. The van der Waals surface area contributed by atoms with Crippen molar-refractivity contribution in [3.63, 3.8) is 0 Å². The van der Waals surface area contributed by atoms with E-state index in [2.05, 4.69) is 29.4 Å². The molecule has 0 saturated heterocycles. The first-order chi connectivity index (χ1) is 13.0. The van der Waals surface area contributed by atoms with E-state index in [4.69, 9.17) is 10.5 Å². The standard InChI is InChI=1S/C20H26N4O3/c1-3-24(4-2)12-13-27-18-11-6-5-10-17(18)23-19(25)15-8-7-9-16(14-15)22-20(21)26/h5-11,14H,3-4,12-13H2,1-2H3,(H,23,25)(H3,21,22,26). The number of rotatable bonds is 9. The van der Waals surface area contributed by atoms with Gasteiger partial charge in [0.25, 0.3) is 5.91 Å². The minimum absolute atomic E-state index is 0.303. The summed E-state index contributed by atoms with van der Waals surface area (Å²) in [5.41, 5.74) is 6.56. The Morgan fingerprint density at radius 2 is 1.78 bits per heavy atom. The lowest BCUT2D eigenvalue weighted by Gasteiger charge is -2.19. The summed E-state index contributed by atoms with van der Waals surface area (Å²) in [4.78, 5) is 25.8. The number of nitrogens with two attached hydrogens (primary N) is 1. The SMILES string of the molecule is CCN(CC)CCOc1ccccc1NC(=O)c1cccc(NC(N)=O)c1. The summed E-state index contributed by atoms with van der Waals surface area (Å²) in [5, 5.41) is 5.31. The third-order valence-corrected chi connectivity index (χ3v) is 4.09. The highest BCUT2D eigenvalue weighted by molar-refractivity contribution is 6.06. The molecule has 144 valence electrons. The molecular formula is C20H26N4O3. The maximum absolute atomic E-state index is 12.6. The molecule has 0 aliphatic carbocycles. The zero-order chi connectivity index (χ0) is 19.6. The Hall–Kier alpha value is -3.06. The van der Waals surface area contributed by atoms with Crippen molar-refractivity contribution in [1.82, 2.24) is 4.90 Å². The predicted octanol–water partition coefficient (Wildman–Crippen LogP) is 3.15. The molecule has 4 N–H and O–H groups in total. The van der Waals surface area contributed by atoms with Crippen LogP contribution in [0.2, 0.25) is 0 Å². The van der Waals surface area contributed by atoms with Crippen LogP contribution in [-0.2, 0) is 0 Å². The first kappa shape index (κ1) is 20.3. The van der Waals surface area contributed by atoms with Crippen molar-refractivity contribution in [2.24, 2.45) is 5.73 Å². The van der Waals surface area contributed by atoms with Crippen molar-refractivity contribution in [1.29, 1.82) is 0 Å². The van der Waals surface area contributed by atoms with E-state index < -0.39 is 6.03 Å². The number of carbonyl (C=O) groups is 2. The molecule has 2 aromatic rings. The molecule has 0 heterocycles. The van der Waals surface area contributed by atoms with Crippen LogP contribution in [0, 0.1) is 0 Å². The molecule has 0 saturated carbocycles. The van der Waals surface area contributed by atoms with Crippen molar-refractivity contribution in [2.75, 3.05) is 36.9 Å². The number of benzene rings is 2. The number of anilines is 2. The second kappa shape index (κ2) is 10.2. The predicted molar refractivity (Wildman–Crippen MR) is 107 cm³/mol. The summed E-state index contributed by atoms with van der Waals surface area (Å²) < 4.78 is 5.85. The third kappa shape index (κ3) is 6.31. The number of ether oxygens (including phenoxy) is 1. The summed E-state index contributed by atoms with van der Waals surface area (Å²) in [7, 11) is 0. The second-order valence-corrected chi connectivity index (χ2v) is 5.90. The Morgan fingerprint density at radius 1 is 1.04 bits per heavy atom. The number of primary amides is 1. The quantitative estimate of drug-likeness (QED) is 0.632. The maximum atomic E-state index is 12.6. The highest BCUT2D eigenvalue weighted by Gasteiger charge is 2.11. The number of para-hydroxylation sites is 2. The van der Waals surface area contributed by atoms with Gasteiger partial charge >= 0.3 is 6.03 Å². The van der Waals surface area contributed by atoms with Gasteiger partial charge in [0.1, 0.15) is 12.4 Å². The van der Waals surface area contributed by atoms with Gasteiger partial charge < -0.3 is 26.0 Å². The fourth-order valence-electron chi connectivity index (χ4n) is 2.60. The number of likely N-dealkylation sites (N-methyl/N-ethyl adjacent to an activating group) is 1. The van der Waals surface area contributed by atoms with Crippen LogP contribution in [0.4, 0.5) is 16.2 Å². The lowest BCUT2D eigenvalue weighted by atomic mass is 10.2. The molecule has 0 fully saturated rings. The molecule has 0 spiro atoms. The zero-order valence-corrected chi connectivity index (χ0v) is 15.7. The Balaban J connectivity index is 2.04. The van der Waals surface area contributed by atoms with E-state index in [1.165, 1.54) is 0 Å².